The van der Waals surface area contributed by atoms with Gasteiger partial charge in [0.2, 0.25) is 5.89 Å². The zero-order valence-electron chi connectivity index (χ0n) is 14.0. The first-order chi connectivity index (χ1) is 11.8. The second-order valence-electron chi connectivity index (χ2n) is 5.72. The average molecular weight is 344 g/mol. The zero-order chi connectivity index (χ0) is 16.6. The van der Waals surface area contributed by atoms with Gasteiger partial charge in [0, 0.05) is 23.9 Å². The summed E-state index contributed by atoms with van der Waals surface area (Å²) in [6.45, 7) is 4.39. The van der Waals surface area contributed by atoms with Gasteiger partial charge in [-0.15, -0.1) is 0 Å². The molecule has 0 saturated carbocycles. The van der Waals surface area contributed by atoms with E-state index in [2.05, 4.69) is 27.5 Å². The predicted octanol–water partition coefficient (Wildman–Crippen LogP) is 3.29. The van der Waals surface area contributed by atoms with Gasteiger partial charge in [-0.25, -0.2) is 9.98 Å². The Bertz CT molecular complexity index is 650. The number of aliphatic imine (C=N–C) groups is 1. The molecule has 1 aliphatic heterocycles. The quantitative estimate of drug-likeness (QED) is 0.622. The summed E-state index contributed by atoms with van der Waals surface area (Å²) in [4.78, 5) is 9.13. The number of rotatable bonds is 6. The van der Waals surface area contributed by atoms with Crippen LogP contribution in [0.25, 0.3) is 11.5 Å². The van der Waals surface area contributed by atoms with Crippen LogP contribution in [0.3, 0.4) is 0 Å². The highest BCUT2D eigenvalue weighted by molar-refractivity contribution is 8.00. The maximum Gasteiger partial charge on any atom is 0.226 e. The molecule has 1 fully saturated rings. The molecule has 0 amide bonds. The molecule has 1 aromatic heterocycles. The van der Waals surface area contributed by atoms with Crippen LogP contribution < -0.4 is 10.6 Å². The minimum Gasteiger partial charge on any atom is -0.444 e. The van der Waals surface area contributed by atoms with Crippen LogP contribution in [0, 0.1) is 0 Å². The summed E-state index contributed by atoms with van der Waals surface area (Å²) in [5, 5.41) is 7.42. The minimum absolute atomic E-state index is 0.503. The highest BCUT2D eigenvalue weighted by atomic mass is 32.2. The molecule has 1 unspecified atom stereocenters. The molecule has 1 aromatic carbocycles. The van der Waals surface area contributed by atoms with Crippen LogP contribution in [0.4, 0.5) is 0 Å². The second kappa shape index (κ2) is 8.78. The number of oxazole rings is 1. The number of guanidine groups is 1. The van der Waals surface area contributed by atoms with Gasteiger partial charge >= 0.3 is 0 Å². The van der Waals surface area contributed by atoms with Crippen molar-refractivity contribution >= 4 is 17.7 Å². The van der Waals surface area contributed by atoms with Crippen molar-refractivity contribution in [3.8, 4) is 11.5 Å². The Morgan fingerprint density at radius 1 is 1.33 bits per heavy atom. The Kier molecular flexibility index (Phi) is 6.18. The van der Waals surface area contributed by atoms with Gasteiger partial charge in [-0.3, -0.25) is 0 Å². The Morgan fingerprint density at radius 2 is 2.21 bits per heavy atom. The van der Waals surface area contributed by atoms with Crippen LogP contribution in [0.15, 0.2) is 46.0 Å². The van der Waals surface area contributed by atoms with Crippen molar-refractivity contribution in [1.82, 2.24) is 15.6 Å². The third-order valence-corrected chi connectivity index (χ3v) is 5.24. The maximum absolute atomic E-state index is 5.56. The first-order valence-corrected chi connectivity index (χ1v) is 9.53. The molecule has 0 aliphatic carbocycles. The normalized spacial score (nSPS) is 17.9. The minimum atomic E-state index is 0.503. The Hall–Kier alpha value is -1.95. The van der Waals surface area contributed by atoms with E-state index in [0.717, 1.165) is 30.3 Å². The number of nitrogens with zero attached hydrogens (tertiary/aromatic N) is 2. The van der Waals surface area contributed by atoms with Gasteiger partial charge in [0.05, 0.1) is 6.54 Å². The monoisotopic (exact) mass is 344 g/mol. The second-order valence-corrected chi connectivity index (χ2v) is 7.13. The molecule has 24 heavy (non-hydrogen) atoms. The smallest absolute Gasteiger partial charge is 0.226 e. The van der Waals surface area contributed by atoms with E-state index in [4.69, 9.17) is 4.42 Å². The number of benzene rings is 1. The van der Waals surface area contributed by atoms with Gasteiger partial charge in [-0.2, -0.15) is 11.8 Å². The van der Waals surface area contributed by atoms with Gasteiger partial charge in [0.1, 0.15) is 12.0 Å². The molecular weight excluding hydrogens is 320 g/mol. The van der Waals surface area contributed by atoms with Crippen LogP contribution in [0.5, 0.6) is 0 Å². The summed E-state index contributed by atoms with van der Waals surface area (Å²) in [6.07, 6.45) is 4.30. The molecule has 128 valence electrons. The van der Waals surface area contributed by atoms with Crippen molar-refractivity contribution in [2.75, 3.05) is 18.8 Å². The van der Waals surface area contributed by atoms with E-state index >= 15 is 0 Å². The third-order valence-electron chi connectivity index (χ3n) is 3.84. The van der Waals surface area contributed by atoms with Crippen molar-refractivity contribution < 1.29 is 4.42 Å². The van der Waals surface area contributed by atoms with Crippen molar-refractivity contribution in [1.29, 1.82) is 0 Å². The van der Waals surface area contributed by atoms with Gasteiger partial charge in [-0.1, -0.05) is 18.2 Å². The molecule has 0 spiro atoms. The lowest BCUT2D eigenvalue weighted by atomic mass is 10.2. The lowest BCUT2D eigenvalue weighted by Crippen LogP contribution is -2.40. The summed E-state index contributed by atoms with van der Waals surface area (Å²) in [6, 6.07) is 9.92. The first kappa shape index (κ1) is 16.9. The summed E-state index contributed by atoms with van der Waals surface area (Å²) in [7, 11) is 0. The molecular formula is C18H24N4OS. The Labute approximate surface area is 147 Å². The topological polar surface area (TPSA) is 62.5 Å². The van der Waals surface area contributed by atoms with Crippen molar-refractivity contribution in [2.45, 2.75) is 31.6 Å². The number of hydrogen-bond donors (Lipinski definition) is 2. The molecule has 1 aliphatic rings. The molecule has 5 nitrogen and oxygen atoms in total. The highest BCUT2D eigenvalue weighted by Crippen LogP contribution is 2.25. The molecule has 3 rings (SSSR count). The maximum atomic E-state index is 5.56. The molecule has 0 bridgehead atoms. The van der Waals surface area contributed by atoms with Gasteiger partial charge in [-0.05, 0) is 37.7 Å². The standard InChI is InChI=1S/C18H24N4OS/c1-2-19-18(21-12-16-9-6-10-24-16)20-11-15-13-23-17(22-15)14-7-4-3-5-8-14/h3-5,7-8,13,16H,2,6,9-12H2,1H3,(H2,19,20,21). The third kappa shape index (κ3) is 4.77. The Balaban J connectivity index is 1.58. The lowest BCUT2D eigenvalue weighted by Gasteiger charge is -2.14. The van der Waals surface area contributed by atoms with Gasteiger partial charge in [0.15, 0.2) is 5.96 Å². The van der Waals surface area contributed by atoms with E-state index in [9.17, 15) is 0 Å². The van der Waals surface area contributed by atoms with Gasteiger partial charge in [0.25, 0.3) is 0 Å². The fourth-order valence-electron chi connectivity index (χ4n) is 2.61. The molecule has 6 heteroatoms. The van der Waals surface area contributed by atoms with Crippen molar-refractivity contribution in [3.05, 3.63) is 42.3 Å². The summed E-state index contributed by atoms with van der Waals surface area (Å²) in [5.41, 5.74) is 1.82. The molecule has 1 saturated heterocycles. The average Bonchev–Trinajstić information content (AvgIpc) is 3.30. The first-order valence-electron chi connectivity index (χ1n) is 8.48. The highest BCUT2D eigenvalue weighted by Gasteiger charge is 2.15. The van der Waals surface area contributed by atoms with E-state index in [-0.39, 0.29) is 0 Å². The molecule has 0 radical (unpaired) electrons. The van der Waals surface area contributed by atoms with Crippen molar-refractivity contribution in [2.24, 2.45) is 4.99 Å². The predicted molar refractivity (Wildman–Crippen MR) is 100 cm³/mol. The van der Waals surface area contributed by atoms with E-state index in [1.165, 1.54) is 18.6 Å². The SMILES string of the molecule is CCNC(=NCc1coc(-c2ccccc2)n1)NCC1CCCS1. The van der Waals surface area contributed by atoms with E-state index in [1.54, 1.807) is 6.26 Å². The van der Waals surface area contributed by atoms with Crippen LogP contribution in [-0.4, -0.2) is 35.0 Å². The summed E-state index contributed by atoms with van der Waals surface area (Å²) in [5.74, 6) is 2.76. The van der Waals surface area contributed by atoms with Crippen LogP contribution in [0.2, 0.25) is 0 Å². The molecule has 2 heterocycles. The summed E-state index contributed by atoms with van der Waals surface area (Å²) < 4.78 is 5.56. The molecule has 1 atom stereocenters. The van der Waals surface area contributed by atoms with E-state index < -0.39 is 0 Å². The Morgan fingerprint density at radius 3 is 2.96 bits per heavy atom. The van der Waals surface area contributed by atoms with Gasteiger partial charge < -0.3 is 15.1 Å². The number of hydrogen-bond acceptors (Lipinski definition) is 4. The number of aromatic nitrogens is 1. The van der Waals surface area contributed by atoms with Crippen LogP contribution >= 0.6 is 11.8 Å². The number of nitrogens with one attached hydrogen (secondary N) is 2. The fourth-order valence-corrected chi connectivity index (χ4v) is 3.81. The van der Waals surface area contributed by atoms with Crippen molar-refractivity contribution in [3.63, 3.8) is 0 Å². The summed E-state index contributed by atoms with van der Waals surface area (Å²) >= 11 is 2.05. The molecule has 2 aromatic rings. The fraction of sp³-hybridized carbons (Fsp3) is 0.444. The lowest BCUT2D eigenvalue weighted by molar-refractivity contribution is 0.572. The van der Waals surface area contributed by atoms with Crippen LogP contribution in [-0.2, 0) is 6.54 Å². The molecule has 2 N–H and O–H groups in total. The zero-order valence-corrected chi connectivity index (χ0v) is 14.8. The number of thioether (sulfide) groups is 1. The van der Waals surface area contributed by atoms with E-state index in [0.29, 0.717) is 17.7 Å². The largest absolute Gasteiger partial charge is 0.444 e. The van der Waals surface area contributed by atoms with E-state index in [1.807, 2.05) is 42.1 Å². The van der Waals surface area contributed by atoms with Crippen LogP contribution in [0.1, 0.15) is 25.5 Å².